The second-order valence-electron chi connectivity index (χ2n) is 4.89. The molecule has 2 N–H and O–H groups in total. The first kappa shape index (κ1) is 13.5. The predicted molar refractivity (Wildman–Crippen MR) is 71.3 cm³/mol. The molecule has 0 spiro atoms. The molecule has 1 aromatic heterocycles. The van der Waals surface area contributed by atoms with Gasteiger partial charge in [-0.25, -0.2) is 0 Å². The van der Waals surface area contributed by atoms with Gasteiger partial charge in [-0.2, -0.15) is 5.10 Å². The van der Waals surface area contributed by atoms with Crippen molar-refractivity contribution in [3.63, 3.8) is 0 Å². The number of aromatic nitrogens is 2. The Morgan fingerprint density at radius 3 is 2.83 bits per heavy atom. The molecule has 5 heteroatoms. The Morgan fingerprint density at radius 1 is 1.56 bits per heavy atom. The molecule has 1 aromatic rings. The highest BCUT2D eigenvalue weighted by Gasteiger charge is 2.25. The van der Waals surface area contributed by atoms with Crippen molar-refractivity contribution in [1.82, 2.24) is 14.7 Å². The molecule has 102 valence electrons. The second-order valence-corrected chi connectivity index (χ2v) is 4.89. The van der Waals surface area contributed by atoms with Crippen LogP contribution >= 0.6 is 0 Å². The number of hydrogen-bond donors (Lipinski definition) is 1. The first-order chi connectivity index (χ1) is 8.76. The molecule has 0 bridgehead atoms. The minimum atomic E-state index is 0.258. The summed E-state index contributed by atoms with van der Waals surface area (Å²) in [5.41, 5.74) is 7.17. The third-order valence-corrected chi connectivity index (χ3v) is 3.84. The minimum Gasteiger partial charge on any atom is -0.381 e. The fourth-order valence-electron chi connectivity index (χ4n) is 2.61. The summed E-state index contributed by atoms with van der Waals surface area (Å²) in [6, 6.07) is 0.825. The van der Waals surface area contributed by atoms with Crippen LogP contribution in [0.4, 0.5) is 0 Å². The summed E-state index contributed by atoms with van der Waals surface area (Å²) < 4.78 is 7.37. The van der Waals surface area contributed by atoms with Gasteiger partial charge in [-0.15, -0.1) is 0 Å². The molecule has 5 nitrogen and oxygen atoms in total. The lowest BCUT2D eigenvalue weighted by Gasteiger charge is -2.36. The Hall–Kier alpha value is -0.910. The number of aryl methyl sites for hydroxylation is 1. The Kier molecular flexibility index (Phi) is 4.74. The van der Waals surface area contributed by atoms with E-state index in [0.29, 0.717) is 12.6 Å². The zero-order valence-electron chi connectivity index (χ0n) is 11.4. The number of ether oxygens (including phenoxy) is 1. The van der Waals surface area contributed by atoms with Gasteiger partial charge < -0.3 is 10.5 Å². The van der Waals surface area contributed by atoms with Gasteiger partial charge in [0.05, 0.1) is 12.2 Å². The SMILES string of the molecule is CCn1cc(C(CN)N(C)C2CCOCC2)cn1. The fraction of sp³-hybridized carbons (Fsp3) is 0.769. The molecule has 1 aliphatic rings. The molecule has 1 aliphatic heterocycles. The predicted octanol–water partition coefficient (Wildman–Crippen LogP) is 1.01. The number of rotatable bonds is 5. The van der Waals surface area contributed by atoms with E-state index >= 15 is 0 Å². The Morgan fingerprint density at radius 2 is 2.28 bits per heavy atom. The monoisotopic (exact) mass is 252 g/mol. The van der Waals surface area contributed by atoms with Crippen LogP contribution < -0.4 is 5.73 Å². The van der Waals surface area contributed by atoms with Gasteiger partial charge in [0.1, 0.15) is 0 Å². The summed E-state index contributed by atoms with van der Waals surface area (Å²) in [4.78, 5) is 2.39. The van der Waals surface area contributed by atoms with Crippen molar-refractivity contribution >= 4 is 0 Å². The summed E-state index contributed by atoms with van der Waals surface area (Å²) in [6.07, 6.45) is 6.23. The number of likely N-dealkylation sites (N-methyl/N-ethyl adjacent to an activating group) is 1. The molecule has 1 unspecified atom stereocenters. The van der Waals surface area contributed by atoms with Gasteiger partial charge in [-0.05, 0) is 26.8 Å². The maximum absolute atomic E-state index is 5.95. The molecule has 0 saturated carbocycles. The second kappa shape index (κ2) is 6.31. The van der Waals surface area contributed by atoms with Gasteiger partial charge in [-0.3, -0.25) is 9.58 Å². The van der Waals surface area contributed by atoms with Gasteiger partial charge in [0, 0.05) is 44.1 Å². The Balaban J connectivity index is 2.06. The largest absolute Gasteiger partial charge is 0.381 e. The molecular weight excluding hydrogens is 228 g/mol. The molecule has 18 heavy (non-hydrogen) atoms. The van der Waals surface area contributed by atoms with E-state index in [1.807, 2.05) is 10.9 Å². The molecule has 2 rings (SSSR count). The van der Waals surface area contributed by atoms with Crippen LogP contribution in [0.5, 0.6) is 0 Å². The van der Waals surface area contributed by atoms with Crippen LogP contribution in [0.2, 0.25) is 0 Å². The summed E-state index contributed by atoms with van der Waals surface area (Å²) in [5, 5.41) is 4.34. The summed E-state index contributed by atoms with van der Waals surface area (Å²) in [6.45, 7) is 5.35. The zero-order chi connectivity index (χ0) is 13.0. The van der Waals surface area contributed by atoms with E-state index in [4.69, 9.17) is 10.5 Å². The van der Waals surface area contributed by atoms with Crippen molar-refractivity contribution < 1.29 is 4.74 Å². The lowest BCUT2D eigenvalue weighted by Crippen LogP contribution is -2.41. The van der Waals surface area contributed by atoms with Crippen LogP contribution in [-0.2, 0) is 11.3 Å². The number of hydrogen-bond acceptors (Lipinski definition) is 4. The van der Waals surface area contributed by atoms with Crippen LogP contribution in [0.15, 0.2) is 12.4 Å². The van der Waals surface area contributed by atoms with E-state index in [-0.39, 0.29) is 6.04 Å². The Labute approximate surface area is 109 Å². The van der Waals surface area contributed by atoms with Crippen molar-refractivity contribution in [2.75, 3.05) is 26.8 Å². The topological polar surface area (TPSA) is 56.3 Å². The van der Waals surface area contributed by atoms with Crippen LogP contribution in [0, 0.1) is 0 Å². The molecule has 1 fully saturated rings. The molecule has 0 amide bonds. The van der Waals surface area contributed by atoms with Gasteiger partial charge >= 0.3 is 0 Å². The summed E-state index contributed by atoms with van der Waals surface area (Å²) >= 11 is 0. The Bertz CT molecular complexity index is 360. The average molecular weight is 252 g/mol. The standard InChI is InChI=1S/C13H24N4O/c1-3-17-10-11(9-15-17)13(8-14)16(2)12-4-6-18-7-5-12/h9-10,12-13H,3-8,14H2,1-2H3. The number of nitrogens with two attached hydrogens (primary N) is 1. The van der Waals surface area contributed by atoms with Crippen molar-refractivity contribution in [2.45, 2.75) is 38.4 Å². The van der Waals surface area contributed by atoms with Crippen molar-refractivity contribution in [1.29, 1.82) is 0 Å². The molecular formula is C13H24N4O. The lowest BCUT2D eigenvalue weighted by molar-refractivity contribution is 0.0294. The van der Waals surface area contributed by atoms with Gasteiger partial charge in [0.15, 0.2) is 0 Å². The quantitative estimate of drug-likeness (QED) is 0.850. The summed E-state index contributed by atoms with van der Waals surface area (Å²) in [5.74, 6) is 0. The van der Waals surface area contributed by atoms with Crippen molar-refractivity contribution in [3.8, 4) is 0 Å². The first-order valence-corrected chi connectivity index (χ1v) is 6.78. The number of nitrogens with zero attached hydrogens (tertiary/aromatic N) is 3. The van der Waals surface area contributed by atoms with Crippen molar-refractivity contribution in [2.24, 2.45) is 5.73 Å². The normalized spacial score (nSPS) is 19.3. The lowest BCUT2D eigenvalue weighted by atomic mass is 10.0. The third kappa shape index (κ3) is 2.91. The first-order valence-electron chi connectivity index (χ1n) is 6.78. The van der Waals surface area contributed by atoms with E-state index < -0.39 is 0 Å². The fourth-order valence-corrected chi connectivity index (χ4v) is 2.61. The highest BCUT2D eigenvalue weighted by molar-refractivity contribution is 5.11. The highest BCUT2D eigenvalue weighted by Crippen LogP contribution is 2.24. The van der Waals surface area contributed by atoms with Gasteiger partial charge in [0.25, 0.3) is 0 Å². The third-order valence-electron chi connectivity index (χ3n) is 3.84. The van der Waals surface area contributed by atoms with E-state index in [2.05, 4.69) is 30.2 Å². The van der Waals surface area contributed by atoms with Crippen LogP contribution in [0.3, 0.4) is 0 Å². The minimum absolute atomic E-state index is 0.258. The molecule has 1 saturated heterocycles. The van der Waals surface area contributed by atoms with E-state index in [9.17, 15) is 0 Å². The zero-order valence-corrected chi connectivity index (χ0v) is 11.4. The summed E-state index contributed by atoms with van der Waals surface area (Å²) in [7, 11) is 2.16. The van der Waals surface area contributed by atoms with E-state index in [1.54, 1.807) is 0 Å². The maximum Gasteiger partial charge on any atom is 0.0538 e. The van der Waals surface area contributed by atoms with Crippen LogP contribution in [0.25, 0.3) is 0 Å². The molecule has 1 atom stereocenters. The van der Waals surface area contributed by atoms with Crippen LogP contribution in [-0.4, -0.2) is 47.5 Å². The molecule has 2 heterocycles. The molecule has 0 radical (unpaired) electrons. The van der Waals surface area contributed by atoms with Gasteiger partial charge in [0.2, 0.25) is 0 Å². The highest BCUT2D eigenvalue weighted by atomic mass is 16.5. The molecule has 0 aliphatic carbocycles. The smallest absolute Gasteiger partial charge is 0.0538 e. The van der Waals surface area contributed by atoms with E-state index in [1.165, 1.54) is 5.56 Å². The van der Waals surface area contributed by atoms with E-state index in [0.717, 1.165) is 32.6 Å². The van der Waals surface area contributed by atoms with Crippen molar-refractivity contribution in [3.05, 3.63) is 18.0 Å². The molecule has 0 aromatic carbocycles. The maximum atomic E-state index is 5.95. The van der Waals surface area contributed by atoms with Gasteiger partial charge in [-0.1, -0.05) is 0 Å². The van der Waals surface area contributed by atoms with Crippen LogP contribution in [0.1, 0.15) is 31.4 Å². The average Bonchev–Trinajstić information content (AvgIpc) is 2.89.